The van der Waals surface area contributed by atoms with Crippen LogP contribution in [0, 0.1) is 5.92 Å². The molecule has 166 valence electrons. The van der Waals surface area contributed by atoms with Gasteiger partial charge in [-0.15, -0.1) is 0 Å². The molecule has 0 bridgehead atoms. The molecule has 4 rings (SSSR count). The Morgan fingerprint density at radius 1 is 1.07 bits per heavy atom. The molecule has 0 atom stereocenters. The van der Waals surface area contributed by atoms with E-state index in [2.05, 4.69) is 54.2 Å². The van der Waals surface area contributed by atoms with Gasteiger partial charge in [-0.3, -0.25) is 4.90 Å². The number of hydrogen-bond acceptors (Lipinski definition) is 4. The number of carbonyl (C=O) groups excluding carboxylic acids is 1. The highest BCUT2D eigenvalue weighted by Gasteiger charge is 2.55. The average molecular weight is 434 g/mol. The van der Waals surface area contributed by atoms with Gasteiger partial charge < -0.3 is 9.80 Å². The van der Waals surface area contributed by atoms with Crippen LogP contribution in [-0.4, -0.2) is 80.4 Å². The predicted octanol–water partition coefficient (Wildman–Crippen LogP) is 2.95. The van der Waals surface area contributed by atoms with E-state index < -0.39 is 9.84 Å². The van der Waals surface area contributed by atoms with E-state index in [1.54, 1.807) is 4.90 Å². The fourth-order valence-electron chi connectivity index (χ4n) is 5.46. The maximum absolute atomic E-state index is 13.3. The summed E-state index contributed by atoms with van der Waals surface area (Å²) in [6.07, 6.45) is 7.56. The maximum Gasteiger partial charge on any atom is 0.320 e. The third-order valence-electron chi connectivity index (χ3n) is 7.60. The van der Waals surface area contributed by atoms with Crippen LogP contribution in [0.1, 0.15) is 44.1 Å². The van der Waals surface area contributed by atoms with Crippen LogP contribution < -0.4 is 0 Å². The Balaban J connectivity index is 1.57. The van der Waals surface area contributed by atoms with E-state index in [4.69, 9.17) is 0 Å². The van der Waals surface area contributed by atoms with Gasteiger partial charge in [-0.2, -0.15) is 0 Å². The lowest BCUT2D eigenvalue weighted by atomic mass is 9.68. The molecule has 1 aromatic carbocycles. The zero-order chi connectivity index (χ0) is 21.6. The van der Waals surface area contributed by atoms with Crippen LogP contribution in [0.4, 0.5) is 4.79 Å². The van der Waals surface area contributed by atoms with Gasteiger partial charge in [-0.25, -0.2) is 13.2 Å². The number of urea groups is 1. The summed E-state index contributed by atoms with van der Waals surface area (Å²) in [5.41, 5.74) is 1.17. The number of nitrogens with zero attached hydrogens (tertiary/aromatic N) is 3. The summed E-state index contributed by atoms with van der Waals surface area (Å²) >= 11 is 0. The van der Waals surface area contributed by atoms with Crippen LogP contribution in [-0.2, 0) is 15.4 Å². The molecule has 0 unspecified atom stereocenters. The summed E-state index contributed by atoms with van der Waals surface area (Å²) in [6.45, 7) is 1.79. The number of hydrogen-bond donors (Lipinski definition) is 0. The minimum Gasteiger partial charge on any atom is -0.321 e. The number of rotatable bonds is 7. The summed E-state index contributed by atoms with van der Waals surface area (Å²) in [5, 5.41) is 0. The second-order valence-corrected chi connectivity index (χ2v) is 12.2. The third-order valence-corrected chi connectivity index (χ3v) is 8.53. The summed E-state index contributed by atoms with van der Waals surface area (Å²) in [5.74, 6) is 0.660. The maximum atomic E-state index is 13.3. The molecule has 0 N–H and O–H groups in total. The van der Waals surface area contributed by atoms with E-state index in [1.165, 1.54) is 24.7 Å². The molecule has 3 aliphatic rings. The number of carbonyl (C=O) groups is 1. The molecule has 1 heterocycles. The fraction of sp³-hybridized carbons (Fsp3) is 0.696. The minimum atomic E-state index is -3.09. The van der Waals surface area contributed by atoms with Crippen LogP contribution >= 0.6 is 0 Å². The zero-order valence-electron chi connectivity index (χ0n) is 18.5. The van der Waals surface area contributed by atoms with E-state index in [-0.39, 0.29) is 22.9 Å². The lowest BCUT2D eigenvalue weighted by molar-refractivity contribution is 0.0234. The smallest absolute Gasteiger partial charge is 0.320 e. The average Bonchev–Trinajstić information content (AvgIpc) is 3.49. The highest BCUT2D eigenvalue weighted by molar-refractivity contribution is 7.90. The van der Waals surface area contributed by atoms with Crippen LogP contribution in [0.5, 0.6) is 0 Å². The molecule has 2 aliphatic carbocycles. The van der Waals surface area contributed by atoms with Gasteiger partial charge in [0, 0.05) is 31.4 Å². The standard InChI is InChI=1S/C23H35N3O3S/c1-24(2)23(20-7-5-4-6-8-20)13-11-22(12-14-23)18-25(15-16-30(3,28)29)21(27)26(22)17-19-9-10-19/h4-8,19H,9-18H2,1-3H3. The van der Waals surface area contributed by atoms with E-state index >= 15 is 0 Å². The van der Waals surface area contributed by atoms with Crippen LogP contribution in [0.25, 0.3) is 0 Å². The molecule has 2 amide bonds. The second kappa shape index (κ2) is 7.83. The lowest BCUT2D eigenvalue weighted by Crippen LogP contribution is -2.55. The van der Waals surface area contributed by atoms with Crippen molar-refractivity contribution in [2.24, 2.45) is 5.92 Å². The lowest BCUT2D eigenvalue weighted by Gasteiger charge is -2.51. The van der Waals surface area contributed by atoms with Crippen molar-refractivity contribution in [1.29, 1.82) is 0 Å². The van der Waals surface area contributed by atoms with Gasteiger partial charge in [0.25, 0.3) is 0 Å². The van der Waals surface area contributed by atoms with Crippen molar-refractivity contribution < 1.29 is 13.2 Å². The molecular formula is C23H35N3O3S. The quantitative estimate of drug-likeness (QED) is 0.663. The number of amides is 2. The third kappa shape index (κ3) is 4.11. The molecular weight excluding hydrogens is 398 g/mol. The highest BCUT2D eigenvalue weighted by Crippen LogP contribution is 2.49. The number of sulfone groups is 1. The van der Waals surface area contributed by atoms with Crippen LogP contribution in [0.2, 0.25) is 0 Å². The Hall–Kier alpha value is -1.60. The molecule has 1 aliphatic heterocycles. The molecule has 1 aromatic rings. The van der Waals surface area contributed by atoms with Gasteiger partial charge in [-0.1, -0.05) is 30.3 Å². The van der Waals surface area contributed by atoms with Gasteiger partial charge >= 0.3 is 6.03 Å². The van der Waals surface area contributed by atoms with E-state index in [0.29, 0.717) is 19.0 Å². The topological polar surface area (TPSA) is 60.9 Å². The fourth-order valence-corrected chi connectivity index (χ4v) is 6.01. The monoisotopic (exact) mass is 433 g/mol. The largest absolute Gasteiger partial charge is 0.321 e. The van der Waals surface area contributed by atoms with Crippen molar-refractivity contribution >= 4 is 15.9 Å². The van der Waals surface area contributed by atoms with Gasteiger partial charge in [0.2, 0.25) is 0 Å². The Labute approximate surface area is 181 Å². The Morgan fingerprint density at radius 3 is 2.23 bits per heavy atom. The Bertz CT molecular complexity index is 872. The van der Waals surface area contributed by atoms with E-state index in [1.807, 2.05) is 0 Å². The van der Waals surface area contributed by atoms with Gasteiger partial charge in [0.15, 0.2) is 0 Å². The molecule has 0 aromatic heterocycles. The SMILES string of the molecule is CN(C)C1(c2ccccc2)CCC2(CC1)CN(CCS(C)(=O)=O)C(=O)N2CC1CC1. The number of benzene rings is 1. The van der Waals surface area contributed by atoms with E-state index in [9.17, 15) is 13.2 Å². The first-order valence-corrected chi connectivity index (χ1v) is 13.2. The van der Waals surface area contributed by atoms with Gasteiger partial charge in [0.05, 0.1) is 11.3 Å². The molecule has 0 radical (unpaired) electrons. The molecule has 30 heavy (non-hydrogen) atoms. The molecule has 3 fully saturated rings. The van der Waals surface area contributed by atoms with Crippen molar-refractivity contribution in [2.75, 3.05) is 45.7 Å². The van der Waals surface area contributed by atoms with Crippen molar-refractivity contribution in [3.63, 3.8) is 0 Å². The van der Waals surface area contributed by atoms with Crippen molar-refractivity contribution in [1.82, 2.24) is 14.7 Å². The van der Waals surface area contributed by atoms with Crippen molar-refractivity contribution in [2.45, 2.75) is 49.6 Å². The summed E-state index contributed by atoms with van der Waals surface area (Å²) in [6, 6.07) is 10.8. The van der Waals surface area contributed by atoms with Crippen LogP contribution in [0.3, 0.4) is 0 Å². The van der Waals surface area contributed by atoms with Crippen LogP contribution in [0.15, 0.2) is 30.3 Å². The summed E-state index contributed by atoms with van der Waals surface area (Å²) < 4.78 is 23.4. The highest BCUT2D eigenvalue weighted by atomic mass is 32.2. The second-order valence-electron chi connectivity index (χ2n) is 9.90. The normalized spacial score (nSPS) is 29.9. The molecule has 1 saturated heterocycles. The first-order valence-electron chi connectivity index (χ1n) is 11.1. The van der Waals surface area contributed by atoms with Gasteiger partial charge in [-0.05, 0) is 64.1 Å². The zero-order valence-corrected chi connectivity index (χ0v) is 19.3. The van der Waals surface area contributed by atoms with E-state index in [0.717, 1.165) is 32.2 Å². The minimum absolute atomic E-state index is 0.0129. The Morgan fingerprint density at radius 2 is 1.70 bits per heavy atom. The molecule has 1 spiro atoms. The van der Waals surface area contributed by atoms with Crippen molar-refractivity contribution in [3.8, 4) is 0 Å². The molecule has 2 saturated carbocycles. The summed E-state index contributed by atoms with van der Waals surface area (Å²) in [7, 11) is 1.23. The molecule has 7 heteroatoms. The van der Waals surface area contributed by atoms with Crippen molar-refractivity contribution in [3.05, 3.63) is 35.9 Å². The first kappa shape index (κ1) is 21.6. The Kier molecular flexibility index (Phi) is 5.64. The van der Waals surface area contributed by atoms with Gasteiger partial charge in [0.1, 0.15) is 9.84 Å². The molecule has 6 nitrogen and oxygen atoms in total. The summed E-state index contributed by atoms with van der Waals surface area (Å²) in [4.78, 5) is 19.5. The first-order chi connectivity index (χ1) is 14.2. The predicted molar refractivity (Wildman–Crippen MR) is 119 cm³/mol.